The Morgan fingerprint density at radius 3 is 3.16 bits per heavy atom. The summed E-state index contributed by atoms with van der Waals surface area (Å²) in [5, 5.41) is 11.5. The zero-order chi connectivity index (χ0) is 13.2. The molecule has 0 atom stereocenters. The van der Waals surface area contributed by atoms with Crippen LogP contribution in [0.1, 0.15) is 33.6 Å². The lowest BCUT2D eigenvalue weighted by molar-refractivity contribution is 0.102. The third kappa shape index (κ3) is 2.23. The molecule has 0 fully saturated rings. The van der Waals surface area contributed by atoms with E-state index in [0.29, 0.717) is 11.6 Å². The molecule has 0 radical (unpaired) electrons. The SMILES string of the molecule is COc1[nH]ncc1NC(=O)c1scc2c1CCCC2. The smallest absolute Gasteiger partial charge is 0.266 e. The number of nitrogens with one attached hydrogen (secondary N) is 2. The van der Waals surface area contributed by atoms with E-state index in [2.05, 4.69) is 20.9 Å². The Balaban J connectivity index is 1.83. The molecule has 0 aromatic carbocycles. The molecule has 5 nitrogen and oxygen atoms in total. The van der Waals surface area contributed by atoms with E-state index in [-0.39, 0.29) is 5.91 Å². The number of ether oxygens (including phenoxy) is 1. The van der Waals surface area contributed by atoms with Crippen molar-refractivity contribution in [2.24, 2.45) is 0 Å². The fourth-order valence-electron chi connectivity index (χ4n) is 2.41. The molecule has 6 heteroatoms. The normalized spacial score (nSPS) is 13.9. The van der Waals surface area contributed by atoms with E-state index in [1.165, 1.54) is 42.4 Å². The molecular weight excluding hydrogens is 262 g/mol. The number of amides is 1. The number of thiophene rings is 1. The predicted molar refractivity (Wildman–Crippen MR) is 74.1 cm³/mol. The topological polar surface area (TPSA) is 67.0 Å². The van der Waals surface area contributed by atoms with Gasteiger partial charge in [-0.1, -0.05) is 0 Å². The van der Waals surface area contributed by atoms with Crippen LogP contribution in [-0.2, 0) is 12.8 Å². The molecular formula is C13H15N3O2S. The van der Waals surface area contributed by atoms with E-state index in [4.69, 9.17) is 4.74 Å². The number of aromatic nitrogens is 2. The quantitative estimate of drug-likeness (QED) is 0.906. The molecule has 19 heavy (non-hydrogen) atoms. The van der Waals surface area contributed by atoms with Crippen molar-refractivity contribution < 1.29 is 9.53 Å². The van der Waals surface area contributed by atoms with Gasteiger partial charge in [-0.25, -0.2) is 5.10 Å². The molecule has 100 valence electrons. The first-order valence-corrected chi connectivity index (χ1v) is 7.15. The highest BCUT2D eigenvalue weighted by Crippen LogP contribution is 2.31. The van der Waals surface area contributed by atoms with Crippen LogP contribution in [0.2, 0.25) is 0 Å². The summed E-state index contributed by atoms with van der Waals surface area (Å²) >= 11 is 1.53. The Morgan fingerprint density at radius 2 is 2.32 bits per heavy atom. The van der Waals surface area contributed by atoms with Gasteiger partial charge in [0.05, 0.1) is 18.2 Å². The molecule has 1 amide bonds. The summed E-state index contributed by atoms with van der Waals surface area (Å²) < 4.78 is 5.09. The van der Waals surface area contributed by atoms with Gasteiger partial charge in [0.2, 0.25) is 5.88 Å². The van der Waals surface area contributed by atoms with Crippen LogP contribution in [0.15, 0.2) is 11.6 Å². The number of hydrogen-bond donors (Lipinski definition) is 2. The fourth-order valence-corrected chi connectivity index (χ4v) is 3.46. The molecule has 0 unspecified atom stereocenters. The number of rotatable bonds is 3. The highest BCUT2D eigenvalue weighted by molar-refractivity contribution is 7.12. The lowest BCUT2D eigenvalue weighted by Crippen LogP contribution is -2.14. The molecule has 2 heterocycles. The van der Waals surface area contributed by atoms with Gasteiger partial charge < -0.3 is 10.1 Å². The summed E-state index contributed by atoms with van der Waals surface area (Å²) in [4.78, 5) is 13.1. The van der Waals surface area contributed by atoms with Crippen LogP contribution in [0.25, 0.3) is 0 Å². The van der Waals surface area contributed by atoms with Gasteiger partial charge in [-0.15, -0.1) is 11.3 Å². The standard InChI is InChI=1S/C13H15N3O2S/c1-18-13-10(6-14-16-13)15-12(17)11-9-5-3-2-4-8(9)7-19-11/h6-7H,2-5H2,1H3,(H,14,16)(H,15,17). The maximum absolute atomic E-state index is 12.3. The number of hydrogen-bond acceptors (Lipinski definition) is 4. The largest absolute Gasteiger partial charge is 0.480 e. The number of aromatic amines is 1. The van der Waals surface area contributed by atoms with Gasteiger partial charge >= 0.3 is 0 Å². The Labute approximate surface area is 115 Å². The second kappa shape index (κ2) is 5.05. The van der Waals surface area contributed by atoms with Crippen molar-refractivity contribution in [2.45, 2.75) is 25.7 Å². The van der Waals surface area contributed by atoms with Crippen molar-refractivity contribution in [1.82, 2.24) is 10.2 Å². The number of aryl methyl sites for hydroxylation is 1. The highest BCUT2D eigenvalue weighted by atomic mass is 32.1. The average molecular weight is 277 g/mol. The molecule has 2 N–H and O–H groups in total. The number of methoxy groups -OCH3 is 1. The van der Waals surface area contributed by atoms with E-state index in [9.17, 15) is 4.79 Å². The molecule has 2 aromatic heterocycles. The van der Waals surface area contributed by atoms with Gasteiger partial charge in [-0.05, 0) is 42.2 Å². The lowest BCUT2D eigenvalue weighted by Gasteiger charge is -2.12. The maximum atomic E-state index is 12.3. The number of H-pyrrole nitrogens is 1. The second-order valence-corrected chi connectivity index (χ2v) is 5.43. The number of nitrogens with zero attached hydrogens (tertiary/aromatic N) is 1. The maximum Gasteiger partial charge on any atom is 0.266 e. The van der Waals surface area contributed by atoms with E-state index in [0.717, 1.165) is 17.7 Å². The summed E-state index contributed by atoms with van der Waals surface area (Å²) in [6.07, 6.45) is 6.04. The van der Waals surface area contributed by atoms with Crippen LogP contribution in [0.3, 0.4) is 0 Å². The summed E-state index contributed by atoms with van der Waals surface area (Å²) in [6.45, 7) is 0. The number of carbonyl (C=O) groups excluding carboxylic acids is 1. The monoisotopic (exact) mass is 277 g/mol. The molecule has 0 spiro atoms. The summed E-state index contributed by atoms with van der Waals surface area (Å²) in [6, 6.07) is 0. The number of anilines is 1. The predicted octanol–water partition coefficient (Wildman–Crippen LogP) is 2.61. The molecule has 1 aliphatic carbocycles. The number of fused-ring (bicyclic) bond motifs is 1. The first-order valence-electron chi connectivity index (χ1n) is 6.27. The number of carbonyl (C=O) groups is 1. The van der Waals surface area contributed by atoms with Crippen LogP contribution in [0, 0.1) is 0 Å². The third-order valence-electron chi connectivity index (χ3n) is 3.37. The van der Waals surface area contributed by atoms with Gasteiger partial charge in [-0.2, -0.15) is 5.10 Å². The van der Waals surface area contributed by atoms with Crippen molar-refractivity contribution in [3.63, 3.8) is 0 Å². The molecule has 3 rings (SSSR count). The first-order chi connectivity index (χ1) is 9.29. The van der Waals surface area contributed by atoms with Crippen LogP contribution in [0.5, 0.6) is 5.88 Å². The Hall–Kier alpha value is -1.82. The Morgan fingerprint density at radius 1 is 1.47 bits per heavy atom. The molecule has 0 bridgehead atoms. The summed E-state index contributed by atoms with van der Waals surface area (Å²) in [5.74, 6) is 0.395. The zero-order valence-electron chi connectivity index (χ0n) is 10.7. The van der Waals surface area contributed by atoms with Crippen LogP contribution in [0.4, 0.5) is 5.69 Å². The summed E-state index contributed by atoms with van der Waals surface area (Å²) in [5.41, 5.74) is 3.13. The molecule has 0 saturated carbocycles. The van der Waals surface area contributed by atoms with Crippen molar-refractivity contribution in [2.75, 3.05) is 12.4 Å². The second-order valence-electron chi connectivity index (χ2n) is 4.55. The Kier molecular flexibility index (Phi) is 3.25. The van der Waals surface area contributed by atoms with Crippen molar-refractivity contribution in [3.8, 4) is 5.88 Å². The van der Waals surface area contributed by atoms with Crippen molar-refractivity contribution >= 4 is 22.9 Å². The zero-order valence-corrected chi connectivity index (χ0v) is 11.5. The molecule has 1 aliphatic rings. The fraction of sp³-hybridized carbons (Fsp3) is 0.385. The van der Waals surface area contributed by atoms with Crippen LogP contribution >= 0.6 is 11.3 Å². The van der Waals surface area contributed by atoms with Crippen molar-refractivity contribution in [3.05, 3.63) is 27.6 Å². The summed E-state index contributed by atoms with van der Waals surface area (Å²) in [7, 11) is 1.54. The highest BCUT2D eigenvalue weighted by Gasteiger charge is 2.21. The minimum Gasteiger partial charge on any atom is -0.480 e. The van der Waals surface area contributed by atoms with E-state index < -0.39 is 0 Å². The van der Waals surface area contributed by atoms with Gasteiger partial charge in [0.15, 0.2) is 0 Å². The average Bonchev–Trinajstić information content (AvgIpc) is 3.04. The lowest BCUT2D eigenvalue weighted by atomic mass is 9.94. The van der Waals surface area contributed by atoms with Gasteiger partial charge in [0.1, 0.15) is 5.69 Å². The van der Waals surface area contributed by atoms with E-state index >= 15 is 0 Å². The third-order valence-corrected chi connectivity index (χ3v) is 4.44. The Bertz CT molecular complexity index is 603. The van der Waals surface area contributed by atoms with Gasteiger partial charge in [0.25, 0.3) is 5.91 Å². The van der Waals surface area contributed by atoms with Gasteiger partial charge in [-0.3, -0.25) is 4.79 Å². The minimum atomic E-state index is -0.0761. The first kappa shape index (κ1) is 12.2. The van der Waals surface area contributed by atoms with Crippen LogP contribution < -0.4 is 10.1 Å². The van der Waals surface area contributed by atoms with E-state index in [1.807, 2.05) is 0 Å². The minimum absolute atomic E-state index is 0.0761. The van der Waals surface area contributed by atoms with Crippen molar-refractivity contribution in [1.29, 1.82) is 0 Å². The van der Waals surface area contributed by atoms with E-state index in [1.54, 1.807) is 6.20 Å². The van der Waals surface area contributed by atoms with Gasteiger partial charge in [0, 0.05) is 0 Å². The molecule has 0 aliphatic heterocycles. The molecule has 0 saturated heterocycles. The molecule has 2 aromatic rings. The van der Waals surface area contributed by atoms with Crippen LogP contribution in [-0.4, -0.2) is 23.2 Å².